The number of para-hydroxylation sites is 2. The molecular weight excluding hydrogens is 357 g/mol. The monoisotopic (exact) mass is 373 g/mol. The van der Waals surface area contributed by atoms with Crippen LogP contribution in [0.5, 0.6) is 5.75 Å². The van der Waals surface area contributed by atoms with Crippen molar-refractivity contribution >= 4 is 17.6 Å². The van der Waals surface area contributed by atoms with Crippen LogP contribution in [-0.4, -0.2) is 34.9 Å². The number of imide groups is 1. The molecule has 1 N–H and O–H groups in total. The van der Waals surface area contributed by atoms with Gasteiger partial charge in [0.05, 0.1) is 11.5 Å². The molecule has 1 saturated heterocycles. The molecule has 1 aliphatic rings. The van der Waals surface area contributed by atoms with E-state index in [1.165, 1.54) is 49.4 Å². The molecule has 0 aliphatic carbocycles. The SMILES string of the molecule is C[C@]1(c2ccc(F)cc2)NC(=O)N(CCOc2ccccc2[N+](=O)[O-])C1=O. The molecule has 3 amide bonds. The molecular formula is C18H16FN3O5. The van der Waals surface area contributed by atoms with E-state index in [0.717, 1.165) is 4.90 Å². The third-order valence-electron chi connectivity index (χ3n) is 4.33. The summed E-state index contributed by atoms with van der Waals surface area (Å²) in [5.74, 6) is -0.907. The van der Waals surface area contributed by atoms with Gasteiger partial charge in [-0.1, -0.05) is 24.3 Å². The van der Waals surface area contributed by atoms with Gasteiger partial charge in [0.25, 0.3) is 5.91 Å². The number of carbonyl (C=O) groups excluding carboxylic acids is 2. The van der Waals surface area contributed by atoms with Gasteiger partial charge < -0.3 is 10.1 Å². The van der Waals surface area contributed by atoms with Crippen LogP contribution >= 0.6 is 0 Å². The quantitative estimate of drug-likeness (QED) is 0.476. The number of benzene rings is 2. The highest BCUT2D eigenvalue weighted by Gasteiger charge is 2.48. The van der Waals surface area contributed by atoms with E-state index in [0.29, 0.717) is 5.56 Å². The Morgan fingerprint density at radius 1 is 1.19 bits per heavy atom. The van der Waals surface area contributed by atoms with Gasteiger partial charge in [-0.3, -0.25) is 19.8 Å². The highest BCUT2D eigenvalue weighted by Crippen LogP contribution is 2.29. The van der Waals surface area contributed by atoms with E-state index in [1.807, 2.05) is 0 Å². The van der Waals surface area contributed by atoms with Crippen LogP contribution in [0, 0.1) is 15.9 Å². The van der Waals surface area contributed by atoms with Crippen LogP contribution in [0.15, 0.2) is 48.5 Å². The topological polar surface area (TPSA) is 102 Å². The predicted molar refractivity (Wildman–Crippen MR) is 92.6 cm³/mol. The lowest BCUT2D eigenvalue weighted by molar-refractivity contribution is -0.385. The Morgan fingerprint density at radius 3 is 2.52 bits per heavy atom. The van der Waals surface area contributed by atoms with Crippen LogP contribution in [0.25, 0.3) is 0 Å². The standard InChI is InChI=1S/C18H16FN3O5/c1-18(12-6-8-13(19)9-7-12)16(23)21(17(24)20-18)10-11-27-15-5-3-2-4-14(15)22(25)26/h2-9H,10-11H2,1H3,(H,20,24)/t18-/m1/s1. The van der Waals surface area contributed by atoms with E-state index in [9.17, 15) is 24.1 Å². The van der Waals surface area contributed by atoms with Crippen molar-refractivity contribution in [2.45, 2.75) is 12.5 Å². The summed E-state index contributed by atoms with van der Waals surface area (Å²) in [4.78, 5) is 36.3. The number of hydrogen-bond acceptors (Lipinski definition) is 5. The van der Waals surface area contributed by atoms with Crippen molar-refractivity contribution in [3.63, 3.8) is 0 Å². The molecule has 9 heteroatoms. The molecule has 1 aliphatic heterocycles. The molecule has 2 aromatic rings. The number of urea groups is 1. The molecule has 140 valence electrons. The van der Waals surface area contributed by atoms with Crippen LogP contribution in [0.3, 0.4) is 0 Å². The molecule has 0 saturated carbocycles. The van der Waals surface area contributed by atoms with Gasteiger partial charge in [0, 0.05) is 6.07 Å². The van der Waals surface area contributed by atoms with Crippen LogP contribution in [0.1, 0.15) is 12.5 Å². The van der Waals surface area contributed by atoms with E-state index in [2.05, 4.69) is 5.32 Å². The van der Waals surface area contributed by atoms with Gasteiger partial charge in [-0.15, -0.1) is 0 Å². The van der Waals surface area contributed by atoms with E-state index in [4.69, 9.17) is 4.74 Å². The first kappa shape index (κ1) is 18.3. The summed E-state index contributed by atoms with van der Waals surface area (Å²) in [5, 5.41) is 13.6. The summed E-state index contributed by atoms with van der Waals surface area (Å²) in [6, 6.07) is 10.5. The average Bonchev–Trinajstić information content (AvgIpc) is 2.86. The summed E-state index contributed by atoms with van der Waals surface area (Å²) in [5.41, 5.74) is -1.07. The number of nitro groups is 1. The molecule has 0 spiro atoms. The molecule has 3 rings (SSSR count). The van der Waals surface area contributed by atoms with Gasteiger partial charge in [-0.25, -0.2) is 9.18 Å². The van der Waals surface area contributed by atoms with Gasteiger partial charge in [0.2, 0.25) is 0 Å². The molecule has 8 nitrogen and oxygen atoms in total. The van der Waals surface area contributed by atoms with Crippen molar-refractivity contribution < 1.29 is 23.6 Å². The molecule has 27 heavy (non-hydrogen) atoms. The second-order valence-corrected chi connectivity index (χ2v) is 6.09. The summed E-state index contributed by atoms with van der Waals surface area (Å²) in [6.07, 6.45) is 0. The van der Waals surface area contributed by atoms with E-state index >= 15 is 0 Å². The van der Waals surface area contributed by atoms with Crippen LogP contribution in [0.4, 0.5) is 14.9 Å². The molecule has 1 atom stereocenters. The number of ether oxygens (including phenoxy) is 1. The zero-order valence-corrected chi connectivity index (χ0v) is 14.3. The number of nitro benzene ring substituents is 1. The summed E-state index contributed by atoms with van der Waals surface area (Å²) in [6.45, 7) is 1.33. The van der Waals surface area contributed by atoms with E-state index < -0.39 is 28.2 Å². The van der Waals surface area contributed by atoms with Gasteiger partial charge in [0.15, 0.2) is 5.75 Å². The Kier molecular flexibility index (Phi) is 4.76. The van der Waals surface area contributed by atoms with Gasteiger partial charge in [-0.2, -0.15) is 0 Å². The minimum Gasteiger partial charge on any atom is -0.485 e. The number of rotatable bonds is 6. The van der Waals surface area contributed by atoms with Crippen molar-refractivity contribution in [1.29, 1.82) is 0 Å². The predicted octanol–water partition coefficient (Wildman–Crippen LogP) is 2.58. The molecule has 1 heterocycles. The zero-order valence-electron chi connectivity index (χ0n) is 14.3. The molecule has 0 radical (unpaired) electrons. The maximum Gasteiger partial charge on any atom is 0.325 e. The first-order chi connectivity index (χ1) is 12.8. The van der Waals surface area contributed by atoms with Gasteiger partial charge in [0.1, 0.15) is 18.0 Å². The fraction of sp³-hybridized carbons (Fsp3) is 0.222. The Morgan fingerprint density at radius 2 is 1.85 bits per heavy atom. The second kappa shape index (κ2) is 7.02. The molecule has 0 unspecified atom stereocenters. The van der Waals surface area contributed by atoms with Gasteiger partial charge >= 0.3 is 11.7 Å². The fourth-order valence-electron chi connectivity index (χ4n) is 2.86. The third kappa shape index (κ3) is 3.43. The minimum absolute atomic E-state index is 0.0517. The Bertz CT molecular complexity index is 902. The van der Waals surface area contributed by atoms with Crippen LogP contribution < -0.4 is 10.1 Å². The normalized spacial score (nSPS) is 19.1. The fourth-order valence-corrected chi connectivity index (χ4v) is 2.86. The van der Waals surface area contributed by atoms with E-state index in [1.54, 1.807) is 6.07 Å². The van der Waals surface area contributed by atoms with Crippen molar-refractivity contribution in [3.05, 3.63) is 70.0 Å². The Labute approximate surface area is 153 Å². The maximum atomic E-state index is 13.1. The number of nitrogens with one attached hydrogen (secondary N) is 1. The molecule has 0 bridgehead atoms. The largest absolute Gasteiger partial charge is 0.485 e. The van der Waals surface area contributed by atoms with Crippen LogP contribution in [-0.2, 0) is 10.3 Å². The van der Waals surface area contributed by atoms with Crippen molar-refractivity contribution in [2.75, 3.05) is 13.2 Å². The lowest BCUT2D eigenvalue weighted by atomic mass is 9.92. The summed E-state index contributed by atoms with van der Waals surface area (Å²) >= 11 is 0. The first-order valence-corrected chi connectivity index (χ1v) is 8.09. The third-order valence-corrected chi connectivity index (χ3v) is 4.33. The number of hydrogen-bond donors (Lipinski definition) is 1. The van der Waals surface area contributed by atoms with Gasteiger partial charge in [-0.05, 0) is 30.7 Å². The van der Waals surface area contributed by atoms with Crippen molar-refractivity contribution in [3.8, 4) is 5.75 Å². The highest BCUT2D eigenvalue weighted by atomic mass is 19.1. The Hall–Kier alpha value is -3.49. The average molecular weight is 373 g/mol. The number of halogens is 1. The molecule has 0 aromatic heterocycles. The van der Waals surface area contributed by atoms with Crippen LogP contribution in [0.2, 0.25) is 0 Å². The van der Waals surface area contributed by atoms with E-state index in [-0.39, 0.29) is 24.6 Å². The molecule has 2 aromatic carbocycles. The van der Waals surface area contributed by atoms with Crippen molar-refractivity contribution in [2.24, 2.45) is 0 Å². The lowest BCUT2D eigenvalue weighted by Crippen LogP contribution is -2.41. The lowest BCUT2D eigenvalue weighted by Gasteiger charge is -2.22. The summed E-state index contributed by atoms with van der Waals surface area (Å²) in [7, 11) is 0. The number of nitrogens with zero attached hydrogens (tertiary/aromatic N) is 2. The smallest absolute Gasteiger partial charge is 0.325 e. The maximum absolute atomic E-state index is 13.1. The zero-order chi connectivity index (χ0) is 19.6. The van der Waals surface area contributed by atoms with Crippen molar-refractivity contribution in [1.82, 2.24) is 10.2 Å². The minimum atomic E-state index is -1.32. The number of amides is 3. The highest BCUT2D eigenvalue weighted by molar-refractivity contribution is 6.07. The number of carbonyl (C=O) groups is 2. The molecule has 1 fully saturated rings. The first-order valence-electron chi connectivity index (χ1n) is 8.09. The Balaban J connectivity index is 1.70. The second-order valence-electron chi connectivity index (χ2n) is 6.09. The summed E-state index contributed by atoms with van der Waals surface area (Å²) < 4.78 is 18.5.